The highest BCUT2D eigenvalue weighted by Crippen LogP contribution is 2.43. The van der Waals surface area contributed by atoms with E-state index in [2.05, 4.69) is 11.9 Å². The number of nitrogens with zero attached hydrogens (tertiary/aromatic N) is 2. The first-order chi connectivity index (χ1) is 15.5. The maximum Gasteiger partial charge on any atom is 0.222 e. The Morgan fingerprint density at radius 3 is 2.78 bits per heavy atom. The number of hydrogen-bond acceptors (Lipinski definition) is 5. The van der Waals surface area contributed by atoms with E-state index >= 15 is 0 Å². The molecule has 2 heterocycles. The van der Waals surface area contributed by atoms with E-state index in [1.54, 1.807) is 0 Å². The number of amides is 1. The molecule has 1 saturated heterocycles. The second-order valence-electron chi connectivity index (χ2n) is 8.77. The van der Waals surface area contributed by atoms with Gasteiger partial charge < -0.3 is 20.1 Å². The zero-order valence-electron chi connectivity index (χ0n) is 19.0. The van der Waals surface area contributed by atoms with Crippen molar-refractivity contribution in [3.8, 4) is 11.5 Å². The molecular formula is C26H33N3O3. The van der Waals surface area contributed by atoms with Gasteiger partial charge in [0.05, 0.1) is 11.8 Å². The number of fused-ring (bicyclic) bond motifs is 1. The minimum atomic E-state index is 0.00518. The van der Waals surface area contributed by atoms with Gasteiger partial charge in [-0.25, -0.2) is 4.99 Å². The summed E-state index contributed by atoms with van der Waals surface area (Å²) in [5.74, 6) is 2.60. The number of amidine groups is 1. The van der Waals surface area contributed by atoms with E-state index < -0.39 is 0 Å². The van der Waals surface area contributed by atoms with Crippen LogP contribution in [0.2, 0.25) is 0 Å². The number of carbonyl (C=O) groups excluding carboxylic acids is 1. The monoisotopic (exact) mass is 435 g/mol. The summed E-state index contributed by atoms with van der Waals surface area (Å²) in [4.78, 5) is 19.2. The van der Waals surface area contributed by atoms with Crippen LogP contribution in [0.3, 0.4) is 0 Å². The predicted octanol–water partition coefficient (Wildman–Crippen LogP) is 5.01. The lowest BCUT2D eigenvalue weighted by molar-refractivity contribution is -0.131. The van der Waals surface area contributed by atoms with E-state index in [-0.39, 0.29) is 23.8 Å². The Morgan fingerprint density at radius 1 is 1.25 bits per heavy atom. The van der Waals surface area contributed by atoms with Gasteiger partial charge in [-0.05, 0) is 61.1 Å². The van der Waals surface area contributed by atoms with Gasteiger partial charge in [0.2, 0.25) is 5.91 Å². The third-order valence-electron chi connectivity index (χ3n) is 6.53. The van der Waals surface area contributed by atoms with Crippen molar-refractivity contribution in [3.63, 3.8) is 0 Å². The number of ether oxygens (including phenoxy) is 2. The molecule has 3 atom stereocenters. The van der Waals surface area contributed by atoms with Crippen LogP contribution in [0.1, 0.15) is 50.5 Å². The van der Waals surface area contributed by atoms with E-state index in [1.807, 2.05) is 60.5 Å². The Morgan fingerprint density at radius 2 is 2.06 bits per heavy atom. The van der Waals surface area contributed by atoms with E-state index in [0.717, 1.165) is 55.0 Å². The second kappa shape index (κ2) is 10.2. The van der Waals surface area contributed by atoms with Crippen LogP contribution in [0, 0.1) is 5.92 Å². The Labute approximate surface area is 190 Å². The van der Waals surface area contributed by atoms with Crippen LogP contribution in [0.5, 0.6) is 11.5 Å². The smallest absolute Gasteiger partial charge is 0.222 e. The van der Waals surface area contributed by atoms with Crippen molar-refractivity contribution in [1.82, 2.24) is 4.90 Å². The number of aliphatic imine (C=N–C) groups is 1. The third kappa shape index (κ3) is 5.13. The van der Waals surface area contributed by atoms with Crippen molar-refractivity contribution in [1.29, 1.82) is 0 Å². The second-order valence-corrected chi connectivity index (χ2v) is 8.77. The molecule has 0 bridgehead atoms. The van der Waals surface area contributed by atoms with Crippen molar-refractivity contribution in [3.05, 3.63) is 54.1 Å². The number of benzene rings is 2. The number of para-hydroxylation sites is 1. The summed E-state index contributed by atoms with van der Waals surface area (Å²) in [6.45, 7) is 3.63. The molecule has 6 heteroatoms. The zero-order valence-corrected chi connectivity index (χ0v) is 19.0. The van der Waals surface area contributed by atoms with Crippen LogP contribution in [0.15, 0.2) is 53.5 Å². The number of nitrogens with two attached hydrogens (primary N) is 1. The number of carbonyl (C=O) groups is 1. The summed E-state index contributed by atoms with van der Waals surface area (Å²) in [7, 11) is 1.87. The summed E-state index contributed by atoms with van der Waals surface area (Å²) < 4.78 is 11.7. The van der Waals surface area contributed by atoms with Crippen LogP contribution in [-0.2, 0) is 9.53 Å². The molecule has 32 heavy (non-hydrogen) atoms. The van der Waals surface area contributed by atoms with Crippen LogP contribution in [-0.4, -0.2) is 42.9 Å². The lowest BCUT2D eigenvalue weighted by Gasteiger charge is -2.25. The largest absolute Gasteiger partial charge is 0.457 e. The Kier molecular flexibility index (Phi) is 7.10. The van der Waals surface area contributed by atoms with E-state index in [4.69, 9.17) is 15.2 Å². The Bertz CT molecular complexity index is 954. The van der Waals surface area contributed by atoms with Gasteiger partial charge >= 0.3 is 0 Å². The van der Waals surface area contributed by atoms with Crippen LogP contribution >= 0.6 is 0 Å². The van der Waals surface area contributed by atoms with Crippen LogP contribution in [0.4, 0.5) is 5.69 Å². The molecule has 2 aliphatic heterocycles. The molecule has 0 aliphatic carbocycles. The SMILES string of the molecule is CCC(CCC(=O)N(C)CC1CCCO1)C1C(N)=Nc2ccc(Oc3ccccc3)cc21. The molecule has 0 radical (unpaired) electrons. The van der Waals surface area contributed by atoms with Crippen molar-refractivity contribution in [2.45, 2.75) is 51.0 Å². The molecule has 170 valence electrons. The fourth-order valence-electron chi connectivity index (χ4n) is 4.74. The average Bonchev–Trinajstić information content (AvgIpc) is 3.42. The summed E-state index contributed by atoms with van der Waals surface area (Å²) in [6.07, 6.45) is 4.50. The highest BCUT2D eigenvalue weighted by atomic mass is 16.5. The maximum absolute atomic E-state index is 12.7. The fraction of sp³-hybridized carbons (Fsp3) is 0.462. The van der Waals surface area contributed by atoms with Gasteiger partial charge in [0.25, 0.3) is 0 Å². The normalized spacial score (nSPS) is 20.5. The molecule has 2 aromatic carbocycles. The molecule has 0 aromatic heterocycles. The van der Waals surface area contributed by atoms with Crippen molar-refractivity contribution < 1.29 is 14.3 Å². The highest BCUT2D eigenvalue weighted by molar-refractivity contribution is 5.95. The molecule has 0 saturated carbocycles. The van der Waals surface area contributed by atoms with Gasteiger partial charge in [-0.2, -0.15) is 0 Å². The molecule has 6 nitrogen and oxygen atoms in total. The van der Waals surface area contributed by atoms with Gasteiger partial charge in [-0.15, -0.1) is 0 Å². The lowest BCUT2D eigenvalue weighted by Crippen LogP contribution is -2.34. The number of rotatable bonds is 9. The predicted molar refractivity (Wildman–Crippen MR) is 127 cm³/mol. The minimum Gasteiger partial charge on any atom is -0.457 e. The van der Waals surface area contributed by atoms with Crippen molar-refractivity contribution in [2.24, 2.45) is 16.6 Å². The number of likely N-dealkylation sites (N-methyl/N-ethyl adjacent to an activating group) is 1. The van der Waals surface area contributed by atoms with E-state index in [1.165, 1.54) is 0 Å². The number of hydrogen-bond donors (Lipinski definition) is 1. The van der Waals surface area contributed by atoms with Crippen molar-refractivity contribution in [2.75, 3.05) is 20.2 Å². The summed E-state index contributed by atoms with van der Waals surface area (Å²) >= 11 is 0. The first kappa shape index (κ1) is 22.3. The van der Waals surface area contributed by atoms with Crippen molar-refractivity contribution >= 4 is 17.4 Å². The average molecular weight is 436 g/mol. The lowest BCUT2D eigenvalue weighted by atomic mass is 9.81. The summed E-state index contributed by atoms with van der Waals surface area (Å²) in [6, 6.07) is 15.7. The fourth-order valence-corrected chi connectivity index (χ4v) is 4.74. The topological polar surface area (TPSA) is 77.2 Å². The Balaban J connectivity index is 1.42. The van der Waals surface area contributed by atoms with E-state index in [9.17, 15) is 4.79 Å². The highest BCUT2D eigenvalue weighted by Gasteiger charge is 2.33. The van der Waals surface area contributed by atoms with Crippen LogP contribution < -0.4 is 10.5 Å². The summed E-state index contributed by atoms with van der Waals surface area (Å²) in [5.41, 5.74) is 8.36. The molecule has 1 fully saturated rings. The molecule has 2 aliphatic rings. The Hall–Kier alpha value is -2.86. The first-order valence-corrected chi connectivity index (χ1v) is 11.6. The molecule has 2 aromatic rings. The molecule has 2 N–H and O–H groups in total. The van der Waals surface area contributed by atoms with Gasteiger partial charge in [0, 0.05) is 32.5 Å². The third-order valence-corrected chi connectivity index (χ3v) is 6.53. The molecule has 0 spiro atoms. The molecule has 3 unspecified atom stereocenters. The molecule has 4 rings (SSSR count). The zero-order chi connectivity index (χ0) is 22.5. The summed E-state index contributed by atoms with van der Waals surface area (Å²) in [5, 5.41) is 0. The molecule has 1 amide bonds. The van der Waals surface area contributed by atoms with Gasteiger partial charge in [-0.1, -0.05) is 31.5 Å². The quantitative estimate of drug-likeness (QED) is 0.601. The standard InChI is InChI=1S/C26H33N3O3/c1-3-18(11-14-24(30)29(2)17-21-10-7-15-31-21)25-22-16-20(12-13-23(22)28-26(25)27)32-19-8-5-4-6-9-19/h4-6,8-9,12-13,16,18,21,25H,3,7,10-11,14-15,17H2,1-2H3,(H2,27,28). The first-order valence-electron chi connectivity index (χ1n) is 11.6. The van der Waals surface area contributed by atoms with Gasteiger partial charge in [0.1, 0.15) is 17.3 Å². The van der Waals surface area contributed by atoms with Gasteiger partial charge in [0.15, 0.2) is 0 Å². The maximum atomic E-state index is 12.7. The minimum absolute atomic E-state index is 0.00518. The van der Waals surface area contributed by atoms with Gasteiger partial charge in [-0.3, -0.25) is 4.79 Å². The molecular weight excluding hydrogens is 402 g/mol. The van der Waals surface area contributed by atoms with E-state index in [0.29, 0.717) is 18.8 Å². The van der Waals surface area contributed by atoms with Crippen LogP contribution in [0.25, 0.3) is 0 Å².